The van der Waals surface area contributed by atoms with E-state index in [4.69, 9.17) is 5.73 Å². The van der Waals surface area contributed by atoms with E-state index in [1.165, 1.54) is 6.07 Å². The number of nitrogens with two attached hydrogens (primary N) is 1. The zero-order valence-corrected chi connectivity index (χ0v) is 17.3. The van der Waals surface area contributed by atoms with Crippen molar-refractivity contribution in [1.29, 1.82) is 0 Å². The Hall–Kier alpha value is -2.51. The summed E-state index contributed by atoms with van der Waals surface area (Å²) in [5.74, 6) is -1.82. The van der Waals surface area contributed by atoms with E-state index in [1.807, 2.05) is 0 Å². The number of halogens is 2. The molecule has 0 saturated heterocycles. The number of amides is 3. The van der Waals surface area contributed by atoms with E-state index in [2.05, 4.69) is 10.6 Å². The third kappa shape index (κ3) is 3.40. The molecular weight excluding hydrogens is 404 g/mol. The molecule has 1 aromatic rings. The maximum atomic E-state index is 13.4. The van der Waals surface area contributed by atoms with Crippen LogP contribution < -0.4 is 16.4 Å². The Morgan fingerprint density at radius 3 is 2.29 bits per heavy atom. The van der Waals surface area contributed by atoms with Gasteiger partial charge in [-0.15, -0.1) is 0 Å². The van der Waals surface area contributed by atoms with Gasteiger partial charge in [-0.05, 0) is 80.9 Å². The highest BCUT2D eigenvalue weighted by atomic mass is 19.2. The largest absolute Gasteiger partial charge is 0.369 e. The van der Waals surface area contributed by atoms with Crippen molar-refractivity contribution in [1.82, 2.24) is 10.6 Å². The van der Waals surface area contributed by atoms with Crippen molar-refractivity contribution in [3.05, 3.63) is 35.4 Å². The Bertz CT molecular complexity index is 945. The van der Waals surface area contributed by atoms with E-state index >= 15 is 0 Å². The minimum atomic E-state index is -1.08. The van der Waals surface area contributed by atoms with Crippen LogP contribution in [-0.2, 0) is 9.59 Å². The highest BCUT2D eigenvalue weighted by Crippen LogP contribution is 2.60. The minimum Gasteiger partial charge on any atom is -0.369 e. The first-order valence-electron chi connectivity index (χ1n) is 11.1. The van der Waals surface area contributed by atoms with Crippen molar-refractivity contribution in [3.63, 3.8) is 0 Å². The van der Waals surface area contributed by atoms with Crippen molar-refractivity contribution in [2.45, 2.75) is 51.0 Å². The molecule has 6 nitrogen and oxygen atoms in total. The Morgan fingerprint density at radius 2 is 1.71 bits per heavy atom. The van der Waals surface area contributed by atoms with Gasteiger partial charge in [0, 0.05) is 23.6 Å². The zero-order valence-electron chi connectivity index (χ0n) is 17.3. The van der Waals surface area contributed by atoms with E-state index < -0.39 is 28.4 Å². The first-order valence-corrected chi connectivity index (χ1v) is 11.1. The zero-order chi connectivity index (χ0) is 22.0. The Labute approximate surface area is 179 Å². The molecule has 0 aliphatic heterocycles. The molecule has 0 spiro atoms. The van der Waals surface area contributed by atoms with Crippen molar-refractivity contribution >= 4 is 17.7 Å². The lowest BCUT2D eigenvalue weighted by Crippen LogP contribution is -2.62. The van der Waals surface area contributed by atoms with E-state index in [9.17, 15) is 23.2 Å². The van der Waals surface area contributed by atoms with Crippen LogP contribution >= 0.6 is 0 Å². The summed E-state index contributed by atoms with van der Waals surface area (Å²) >= 11 is 0. The van der Waals surface area contributed by atoms with Crippen LogP contribution in [0.15, 0.2) is 18.2 Å². The van der Waals surface area contributed by atoms with E-state index in [-0.39, 0.29) is 41.8 Å². The summed E-state index contributed by atoms with van der Waals surface area (Å²) in [6.45, 7) is 0.159. The van der Waals surface area contributed by atoms with Gasteiger partial charge in [-0.3, -0.25) is 14.4 Å². The second-order valence-electron chi connectivity index (χ2n) is 10.2. The molecule has 2 atom stereocenters. The standard InChI is InChI=1S/C23H27F2N3O3/c24-16-2-1-13(7-17(16)25)19(29)27-11-22(3-4-22)21(31)28-18-14-5-12-6-15(18)10-23(8-12,9-14)20(26)30/h1-2,7,12,14-15,18H,3-6,8-11H2,(H2,26,30)(H,27,29)(H,28,31). The molecule has 5 fully saturated rings. The predicted molar refractivity (Wildman–Crippen MR) is 107 cm³/mol. The normalized spacial score (nSPS) is 34.3. The second kappa shape index (κ2) is 7.00. The summed E-state index contributed by atoms with van der Waals surface area (Å²) in [6, 6.07) is 3.04. The first kappa shape index (κ1) is 20.4. The highest BCUT2D eigenvalue weighted by molar-refractivity contribution is 5.95. The van der Waals surface area contributed by atoms with Crippen molar-refractivity contribution < 1.29 is 23.2 Å². The molecule has 31 heavy (non-hydrogen) atoms. The van der Waals surface area contributed by atoms with Gasteiger partial charge < -0.3 is 16.4 Å². The summed E-state index contributed by atoms with van der Waals surface area (Å²) in [5.41, 5.74) is 4.72. The van der Waals surface area contributed by atoms with Gasteiger partial charge in [-0.2, -0.15) is 0 Å². The number of hydrogen-bond acceptors (Lipinski definition) is 3. The fraction of sp³-hybridized carbons (Fsp3) is 0.609. The van der Waals surface area contributed by atoms with Gasteiger partial charge in [0.25, 0.3) is 5.91 Å². The third-order valence-electron chi connectivity index (χ3n) is 8.20. The summed E-state index contributed by atoms with van der Waals surface area (Å²) in [7, 11) is 0. The third-order valence-corrected chi connectivity index (χ3v) is 8.20. The molecule has 4 bridgehead atoms. The first-order chi connectivity index (χ1) is 14.7. The van der Waals surface area contributed by atoms with Crippen LogP contribution in [0.3, 0.4) is 0 Å². The molecule has 5 aliphatic rings. The monoisotopic (exact) mass is 431 g/mol. The smallest absolute Gasteiger partial charge is 0.251 e. The van der Waals surface area contributed by atoms with Crippen LogP contribution in [0.1, 0.15) is 55.3 Å². The highest BCUT2D eigenvalue weighted by Gasteiger charge is 2.59. The van der Waals surface area contributed by atoms with E-state index in [0.717, 1.165) is 44.2 Å². The lowest BCUT2D eigenvalue weighted by molar-refractivity contribution is -0.148. The van der Waals surface area contributed by atoms with Crippen LogP contribution in [-0.4, -0.2) is 30.3 Å². The van der Waals surface area contributed by atoms with Gasteiger partial charge in [-0.1, -0.05) is 0 Å². The molecular formula is C23H27F2N3O3. The van der Waals surface area contributed by atoms with Gasteiger partial charge in [-0.25, -0.2) is 8.78 Å². The molecule has 0 heterocycles. The molecule has 5 aliphatic carbocycles. The molecule has 0 radical (unpaired) electrons. The molecule has 3 amide bonds. The van der Waals surface area contributed by atoms with Gasteiger partial charge in [0.05, 0.1) is 5.41 Å². The SMILES string of the molecule is NC(=O)C12CC3CC(C1)C(NC(=O)C1(CNC(=O)c4ccc(F)c(F)c4)CC1)C(C3)C2. The topological polar surface area (TPSA) is 101 Å². The van der Waals surface area contributed by atoms with Gasteiger partial charge >= 0.3 is 0 Å². The molecule has 166 valence electrons. The maximum Gasteiger partial charge on any atom is 0.251 e. The van der Waals surface area contributed by atoms with Gasteiger partial charge in [0.2, 0.25) is 11.8 Å². The number of carbonyl (C=O) groups is 3. The lowest BCUT2D eigenvalue weighted by Gasteiger charge is -2.59. The number of carbonyl (C=O) groups excluding carboxylic acids is 3. The van der Waals surface area contributed by atoms with Crippen molar-refractivity contribution in [3.8, 4) is 0 Å². The lowest BCUT2D eigenvalue weighted by atomic mass is 9.47. The number of primary amides is 1. The van der Waals surface area contributed by atoms with Crippen LogP contribution in [0, 0.1) is 40.2 Å². The molecule has 1 aromatic carbocycles. The Balaban J connectivity index is 1.21. The minimum absolute atomic E-state index is 0.0212. The van der Waals surface area contributed by atoms with E-state index in [1.54, 1.807) is 0 Å². The average Bonchev–Trinajstić information content (AvgIpc) is 3.51. The Morgan fingerprint density at radius 1 is 1.03 bits per heavy atom. The fourth-order valence-electron chi connectivity index (χ4n) is 6.49. The summed E-state index contributed by atoms with van der Waals surface area (Å²) in [5, 5.41) is 5.95. The quantitative estimate of drug-likeness (QED) is 0.644. The van der Waals surface area contributed by atoms with E-state index in [0.29, 0.717) is 18.8 Å². The molecule has 4 N–H and O–H groups in total. The van der Waals surface area contributed by atoms with Crippen molar-refractivity contribution in [2.75, 3.05) is 6.54 Å². The number of benzene rings is 1. The van der Waals surface area contributed by atoms with Crippen LogP contribution in [0.2, 0.25) is 0 Å². The van der Waals surface area contributed by atoms with Crippen LogP contribution in [0.5, 0.6) is 0 Å². The molecule has 5 saturated carbocycles. The molecule has 2 unspecified atom stereocenters. The summed E-state index contributed by atoms with van der Waals surface area (Å²) < 4.78 is 26.5. The van der Waals surface area contributed by atoms with Crippen LogP contribution in [0.4, 0.5) is 8.78 Å². The summed E-state index contributed by atoms with van der Waals surface area (Å²) in [6.07, 6.45) is 5.78. The number of nitrogens with one attached hydrogen (secondary N) is 2. The van der Waals surface area contributed by atoms with Gasteiger partial charge in [0.15, 0.2) is 11.6 Å². The fourth-order valence-corrected chi connectivity index (χ4v) is 6.49. The number of rotatable bonds is 6. The second-order valence-corrected chi connectivity index (χ2v) is 10.2. The van der Waals surface area contributed by atoms with Crippen molar-refractivity contribution in [2.24, 2.45) is 34.3 Å². The van der Waals surface area contributed by atoms with Gasteiger partial charge in [0.1, 0.15) is 0 Å². The summed E-state index contributed by atoms with van der Waals surface area (Å²) in [4.78, 5) is 37.5. The molecule has 0 aromatic heterocycles. The Kier molecular flexibility index (Phi) is 4.61. The molecule has 6 rings (SSSR count). The average molecular weight is 431 g/mol. The maximum absolute atomic E-state index is 13.4. The number of hydrogen-bond donors (Lipinski definition) is 3. The van der Waals surface area contributed by atoms with Crippen LogP contribution in [0.25, 0.3) is 0 Å². The predicted octanol–water partition coefficient (Wildman–Crippen LogP) is 2.27. The molecule has 8 heteroatoms.